The topological polar surface area (TPSA) is 51.0 Å². The summed E-state index contributed by atoms with van der Waals surface area (Å²) >= 11 is 0. The Morgan fingerprint density at radius 3 is 3.00 bits per heavy atom. The summed E-state index contributed by atoms with van der Waals surface area (Å²) in [5.41, 5.74) is 1.36. The highest BCUT2D eigenvalue weighted by Crippen LogP contribution is 2.27. The van der Waals surface area contributed by atoms with E-state index in [9.17, 15) is 4.39 Å². The van der Waals surface area contributed by atoms with Crippen LogP contribution in [0.4, 0.5) is 4.39 Å². The van der Waals surface area contributed by atoms with Gasteiger partial charge in [-0.25, -0.2) is 4.39 Å². The lowest BCUT2D eigenvalue weighted by Crippen LogP contribution is -2.30. The molecule has 1 saturated heterocycles. The zero-order valence-electron chi connectivity index (χ0n) is 11.7. The minimum absolute atomic E-state index is 0.126. The third-order valence-electron chi connectivity index (χ3n) is 3.82. The van der Waals surface area contributed by atoms with Gasteiger partial charge in [0.2, 0.25) is 11.7 Å². The van der Waals surface area contributed by atoms with Crippen LogP contribution in [0.2, 0.25) is 0 Å². The summed E-state index contributed by atoms with van der Waals surface area (Å²) in [5.74, 6) is 1.57. The van der Waals surface area contributed by atoms with Gasteiger partial charge in [0.1, 0.15) is 5.82 Å². The SMILES string of the molecule is Cc1cc(-c2noc(C3CC(C)CCN3)n2)ccc1F. The van der Waals surface area contributed by atoms with Gasteiger partial charge in [-0.1, -0.05) is 12.1 Å². The molecule has 2 heterocycles. The normalized spacial score (nSPS) is 22.9. The lowest BCUT2D eigenvalue weighted by atomic mass is 9.94. The summed E-state index contributed by atoms with van der Waals surface area (Å²) in [4.78, 5) is 4.45. The molecule has 0 bridgehead atoms. The van der Waals surface area contributed by atoms with Crippen molar-refractivity contribution in [2.75, 3.05) is 6.54 Å². The number of nitrogens with one attached hydrogen (secondary N) is 1. The van der Waals surface area contributed by atoms with Crippen LogP contribution in [0.25, 0.3) is 11.4 Å². The Labute approximate surface area is 117 Å². The Bertz CT molecular complexity index is 611. The van der Waals surface area contributed by atoms with Crippen molar-refractivity contribution in [1.82, 2.24) is 15.5 Å². The van der Waals surface area contributed by atoms with Crippen LogP contribution < -0.4 is 5.32 Å². The number of rotatable bonds is 2. The van der Waals surface area contributed by atoms with Crippen LogP contribution in [0.5, 0.6) is 0 Å². The predicted molar refractivity (Wildman–Crippen MR) is 73.6 cm³/mol. The summed E-state index contributed by atoms with van der Waals surface area (Å²) in [7, 11) is 0. The minimum atomic E-state index is -0.222. The van der Waals surface area contributed by atoms with Crippen LogP contribution in [0.15, 0.2) is 22.7 Å². The van der Waals surface area contributed by atoms with Gasteiger partial charge in [-0.05, 0) is 56.0 Å². The molecule has 3 rings (SSSR count). The number of aryl methyl sites for hydroxylation is 1. The first-order chi connectivity index (χ1) is 9.63. The summed E-state index contributed by atoms with van der Waals surface area (Å²) < 4.78 is 18.6. The molecule has 1 fully saturated rings. The van der Waals surface area contributed by atoms with E-state index in [-0.39, 0.29) is 11.9 Å². The second kappa shape index (κ2) is 5.32. The number of aromatic nitrogens is 2. The summed E-state index contributed by atoms with van der Waals surface area (Å²) in [6, 6.07) is 4.97. The first kappa shape index (κ1) is 13.2. The molecule has 0 aliphatic carbocycles. The molecule has 2 atom stereocenters. The molecule has 2 aromatic rings. The third kappa shape index (κ3) is 2.58. The van der Waals surface area contributed by atoms with E-state index in [0.717, 1.165) is 18.5 Å². The Kier molecular flexibility index (Phi) is 3.53. The summed E-state index contributed by atoms with van der Waals surface area (Å²) in [6.07, 6.45) is 2.18. The van der Waals surface area contributed by atoms with Crippen molar-refractivity contribution in [1.29, 1.82) is 0 Å². The molecule has 5 heteroatoms. The second-order valence-electron chi connectivity index (χ2n) is 5.56. The molecular weight excluding hydrogens is 257 g/mol. The van der Waals surface area contributed by atoms with Gasteiger partial charge >= 0.3 is 0 Å². The minimum Gasteiger partial charge on any atom is -0.337 e. The van der Waals surface area contributed by atoms with Crippen LogP contribution >= 0.6 is 0 Å². The number of piperidine rings is 1. The van der Waals surface area contributed by atoms with Crippen molar-refractivity contribution in [3.05, 3.63) is 35.5 Å². The number of hydrogen-bond acceptors (Lipinski definition) is 4. The molecule has 0 spiro atoms. The maximum absolute atomic E-state index is 13.3. The zero-order valence-corrected chi connectivity index (χ0v) is 11.7. The molecule has 4 nitrogen and oxygen atoms in total. The van der Waals surface area contributed by atoms with Gasteiger partial charge in [-0.2, -0.15) is 4.98 Å². The Morgan fingerprint density at radius 1 is 1.40 bits per heavy atom. The molecule has 106 valence electrons. The summed E-state index contributed by atoms with van der Waals surface area (Å²) in [5, 5.41) is 7.40. The van der Waals surface area contributed by atoms with E-state index >= 15 is 0 Å². The first-order valence-corrected chi connectivity index (χ1v) is 6.97. The smallest absolute Gasteiger partial charge is 0.244 e. The lowest BCUT2D eigenvalue weighted by molar-refractivity contribution is 0.260. The van der Waals surface area contributed by atoms with E-state index in [4.69, 9.17) is 4.52 Å². The fraction of sp³-hybridized carbons (Fsp3) is 0.467. The van der Waals surface area contributed by atoms with Crippen molar-refractivity contribution < 1.29 is 8.91 Å². The molecule has 1 aliphatic rings. The standard InChI is InChI=1S/C15H18FN3O/c1-9-5-6-17-13(7-9)15-18-14(19-20-15)11-3-4-12(16)10(2)8-11/h3-4,8-9,13,17H,5-7H2,1-2H3. The predicted octanol–water partition coefficient (Wildman–Crippen LogP) is 3.24. The van der Waals surface area contributed by atoms with Crippen molar-refractivity contribution >= 4 is 0 Å². The van der Waals surface area contributed by atoms with Crippen LogP contribution in [0.1, 0.15) is 37.3 Å². The summed E-state index contributed by atoms with van der Waals surface area (Å²) in [6.45, 7) is 4.93. The lowest BCUT2D eigenvalue weighted by Gasteiger charge is -2.25. The van der Waals surface area contributed by atoms with Crippen LogP contribution in [-0.2, 0) is 0 Å². The van der Waals surface area contributed by atoms with Crippen LogP contribution in [0.3, 0.4) is 0 Å². The van der Waals surface area contributed by atoms with Crippen LogP contribution in [0, 0.1) is 18.7 Å². The van der Waals surface area contributed by atoms with Gasteiger partial charge < -0.3 is 9.84 Å². The van der Waals surface area contributed by atoms with E-state index < -0.39 is 0 Å². The molecule has 0 radical (unpaired) electrons. The average Bonchev–Trinajstić information content (AvgIpc) is 2.92. The maximum atomic E-state index is 13.3. The highest BCUT2D eigenvalue weighted by Gasteiger charge is 2.25. The number of halogens is 1. The fourth-order valence-electron chi connectivity index (χ4n) is 2.57. The Balaban J connectivity index is 1.84. The monoisotopic (exact) mass is 275 g/mol. The molecule has 1 aromatic carbocycles. The third-order valence-corrected chi connectivity index (χ3v) is 3.82. The van der Waals surface area contributed by atoms with Gasteiger partial charge in [0.25, 0.3) is 0 Å². The van der Waals surface area contributed by atoms with E-state index in [0.29, 0.717) is 23.2 Å². The van der Waals surface area contributed by atoms with E-state index in [1.54, 1.807) is 19.1 Å². The van der Waals surface area contributed by atoms with Gasteiger partial charge in [0.05, 0.1) is 6.04 Å². The van der Waals surface area contributed by atoms with Gasteiger partial charge in [0.15, 0.2) is 0 Å². The second-order valence-corrected chi connectivity index (χ2v) is 5.56. The molecular formula is C15H18FN3O. The Morgan fingerprint density at radius 2 is 2.25 bits per heavy atom. The van der Waals surface area contributed by atoms with Gasteiger partial charge in [-0.3, -0.25) is 0 Å². The molecule has 1 aromatic heterocycles. The maximum Gasteiger partial charge on any atom is 0.244 e. The van der Waals surface area contributed by atoms with Gasteiger partial charge in [-0.15, -0.1) is 0 Å². The number of hydrogen-bond donors (Lipinski definition) is 1. The Hall–Kier alpha value is -1.75. The van der Waals surface area contributed by atoms with E-state index in [1.807, 2.05) is 0 Å². The molecule has 1 aliphatic heterocycles. The highest BCUT2D eigenvalue weighted by molar-refractivity contribution is 5.55. The van der Waals surface area contributed by atoms with Crippen molar-refractivity contribution in [2.24, 2.45) is 5.92 Å². The quantitative estimate of drug-likeness (QED) is 0.914. The number of nitrogens with zero attached hydrogens (tertiary/aromatic N) is 2. The molecule has 1 N–H and O–H groups in total. The number of benzene rings is 1. The molecule has 0 saturated carbocycles. The zero-order chi connectivity index (χ0) is 14.1. The fourth-order valence-corrected chi connectivity index (χ4v) is 2.57. The average molecular weight is 275 g/mol. The molecule has 2 unspecified atom stereocenters. The first-order valence-electron chi connectivity index (χ1n) is 6.97. The molecule has 0 amide bonds. The van der Waals surface area contributed by atoms with Crippen LogP contribution in [-0.4, -0.2) is 16.7 Å². The van der Waals surface area contributed by atoms with E-state index in [1.165, 1.54) is 12.5 Å². The van der Waals surface area contributed by atoms with E-state index in [2.05, 4.69) is 22.4 Å². The van der Waals surface area contributed by atoms with Crippen molar-refractivity contribution in [2.45, 2.75) is 32.7 Å². The molecule has 20 heavy (non-hydrogen) atoms. The largest absolute Gasteiger partial charge is 0.337 e. The van der Waals surface area contributed by atoms with Crippen molar-refractivity contribution in [3.8, 4) is 11.4 Å². The van der Waals surface area contributed by atoms with Crippen molar-refractivity contribution in [3.63, 3.8) is 0 Å². The van der Waals surface area contributed by atoms with Gasteiger partial charge in [0, 0.05) is 5.56 Å². The highest BCUT2D eigenvalue weighted by atomic mass is 19.1.